The molecule has 0 aromatic carbocycles. The fourth-order valence-corrected chi connectivity index (χ4v) is 3.80. The van der Waals surface area contributed by atoms with Crippen LogP contribution < -0.4 is 0 Å². The van der Waals surface area contributed by atoms with Gasteiger partial charge < -0.3 is 0 Å². The standard InChI is InChI=1S/C11H21N/c1-5-10-11-7(2)6-8(3)12(10)9(11)4/h7-11H,5-6H2,1-4H3. The van der Waals surface area contributed by atoms with Crippen LogP contribution in [0.2, 0.25) is 0 Å². The zero-order valence-corrected chi connectivity index (χ0v) is 8.75. The van der Waals surface area contributed by atoms with Crippen molar-refractivity contribution in [3.8, 4) is 0 Å². The normalized spacial score (nSPS) is 58.0. The van der Waals surface area contributed by atoms with Crippen molar-refractivity contribution in [3.05, 3.63) is 0 Å². The smallest absolute Gasteiger partial charge is 0.0144 e. The van der Waals surface area contributed by atoms with Gasteiger partial charge in [-0.3, -0.25) is 4.90 Å². The Bertz CT molecular complexity index is 154. The van der Waals surface area contributed by atoms with E-state index in [1.165, 1.54) is 12.8 Å². The van der Waals surface area contributed by atoms with E-state index in [1.54, 1.807) is 0 Å². The van der Waals surface area contributed by atoms with E-state index in [4.69, 9.17) is 0 Å². The largest absolute Gasteiger partial charge is 0.294 e. The number of hydrogen-bond acceptors (Lipinski definition) is 1. The molecule has 3 rings (SSSR count). The minimum absolute atomic E-state index is 0.838. The van der Waals surface area contributed by atoms with Gasteiger partial charge in [0.1, 0.15) is 0 Å². The molecule has 0 radical (unpaired) electrons. The van der Waals surface area contributed by atoms with Gasteiger partial charge in [0.25, 0.3) is 0 Å². The molecule has 0 aromatic rings. The SMILES string of the molecule is CCC1C2C(C)CC(C)N1C2C. The second kappa shape index (κ2) is 2.73. The Labute approximate surface area is 76.1 Å². The first kappa shape index (κ1) is 8.55. The Hall–Kier alpha value is -0.0400. The molecule has 70 valence electrons. The van der Waals surface area contributed by atoms with Gasteiger partial charge in [-0.05, 0) is 38.5 Å². The van der Waals surface area contributed by atoms with Gasteiger partial charge in [-0.1, -0.05) is 13.8 Å². The minimum atomic E-state index is 0.838. The number of rotatable bonds is 1. The Morgan fingerprint density at radius 1 is 1.25 bits per heavy atom. The highest BCUT2D eigenvalue weighted by Gasteiger charge is 2.52. The highest BCUT2D eigenvalue weighted by Crippen LogP contribution is 2.47. The van der Waals surface area contributed by atoms with Crippen molar-refractivity contribution in [1.29, 1.82) is 0 Å². The minimum Gasteiger partial charge on any atom is -0.294 e. The van der Waals surface area contributed by atoms with Crippen LogP contribution in [0.1, 0.15) is 40.5 Å². The predicted octanol–water partition coefficient (Wildman–Crippen LogP) is 2.51. The molecule has 0 aromatic heterocycles. The van der Waals surface area contributed by atoms with Gasteiger partial charge >= 0.3 is 0 Å². The molecule has 3 saturated heterocycles. The number of hydrogen-bond donors (Lipinski definition) is 0. The summed E-state index contributed by atoms with van der Waals surface area (Å²) in [6.07, 6.45) is 2.77. The van der Waals surface area contributed by atoms with Crippen molar-refractivity contribution in [2.75, 3.05) is 0 Å². The molecule has 3 fully saturated rings. The maximum Gasteiger partial charge on any atom is 0.0144 e. The van der Waals surface area contributed by atoms with Gasteiger partial charge in [-0.15, -0.1) is 0 Å². The lowest BCUT2D eigenvalue weighted by molar-refractivity contribution is -0.147. The summed E-state index contributed by atoms with van der Waals surface area (Å²) in [5.41, 5.74) is 0. The average molecular weight is 167 g/mol. The fraction of sp³-hybridized carbons (Fsp3) is 1.00. The van der Waals surface area contributed by atoms with Gasteiger partial charge in [0.2, 0.25) is 0 Å². The van der Waals surface area contributed by atoms with Crippen LogP contribution in [0.3, 0.4) is 0 Å². The Morgan fingerprint density at radius 2 is 1.92 bits per heavy atom. The van der Waals surface area contributed by atoms with Gasteiger partial charge in [-0.2, -0.15) is 0 Å². The monoisotopic (exact) mass is 167 g/mol. The zero-order chi connectivity index (χ0) is 8.88. The van der Waals surface area contributed by atoms with E-state index in [-0.39, 0.29) is 0 Å². The number of fused-ring (bicyclic) bond motifs is 2. The topological polar surface area (TPSA) is 3.24 Å². The molecular formula is C11H21N. The van der Waals surface area contributed by atoms with Crippen LogP contribution >= 0.6 is 0 Å². The molecule has 0 amide bonds. The summed E-state index contributed by atoms with van der Waals surface area (Å²) in [5.74, 6) is 1.97. The van der Waals surface area contributed by atoms with E-state index >= 15 is 0 Å². The molecule has 2 bridgehead atoms. The summed E-state index contributed by atoms with van der Waals surface area (Å²) in [5, 5.41) is 0. The van der Waals surface area contributed by atoms with E-state index in [9.17, 15) is 0 Å². The summed E-state index contributed by atoms with van der Waals surface area (Å²) in [7, 11) is 0. The molecule has 1 nitrogen and oxygen atoms in total. The van der Waals surface area contributed by atoms with Gasteiger partial charge in [0, 0.05) is 18.1 Å². The highest BCUT2D eigenvalue weighted by molar-refractivity contribution is 5.06. The van der Waals surface area contributed by atoms with E-state index in [0.29, 0.717) is 0 Å². The lowest BCUT2D eigenvalue weighted by Gasteiger charge is -2.63. The molecule has 6 atom stereocenters. The third-order valence-electron chi connectivity index (χ3n) is 4.15. The van der Waals surface area contributed by atoms with Crippen LogP contribution in [0.15, 0.2) is 0 Å². The first-order chi connectivity index (χ1) is 5.66. The van der Waals surface area contributed by atoms with E-state index < -0.39 is 0 Å². The average Bonchev–Trinajstić information content (AvgIpc) is 1.98. The van der Waals surface area contributed by atoms with Crippen LogP contribution in [0.25, 0.3) is 0 Å². The zero-order valence-electron chi connectivity index (χ0n) is 8.75. The Kier molecular flexibility index (Phi) is 1.95. The number of piperidine rings is 2. The van der Waals surface area contributed by atoms with E-state index in [1.807, 2.05) is 0 Å². The lowest BCUT2D eigenvalue weighted by Crippen LogP contribution is -2.70. The second-order valence-corrected chi connectivity index (χ2v) is 4.80. The van der Waals surface area contributed by atoms with Gasteiger partial charge in [-0.25, -0.2) is 0 Å². The molecule has 1 heteroatoms. The molecule has 0 N–H and O–H groups in total. The fourth-order valence-electron chi connectivity index (χ4n) is 3.80. The first-order valence-electron chi connectivity index (χ1n) is 5.44. The third kappa shape index (κ3) is 0.891. The van der Waals surface area contributed by atoms with Crippen molar-refractivity contribution in [1.82, 2.24) is 4.90 Å². The Balaban J connectivity index is 2.14. The quantitative estimate of drug-likeness (QED) is 0.580. The van der Waals surface area contributed by atoms with Gasteiger partial charge in [0.15, 0.2) is 0 Å². The number of nitrogens with zero attached hydrogens (tertiary/aromatic N) is 1. The second-order valence-electron chi connectivity index (χ2n) is 4.80. The van der Waals surface area contributed by atoms with Crippen LogP contribution in [0.4, 0.5) is 0 Å². The molecule has 3 heterocycles. The van der Waals surface area contributed by atoms with Crippen LogP contribution in [0.5, 0.6) is 0 Å². The molecule has 3 aliphatic rings. The summed E-state index contributed by atoms with van der Waals surface area (Å²) in [6, 6.07) is 2.62. The van der Waals surface area contributed by atoms with Crippen molar-refractivity contribution >= 4 is 0 Å². The first-order valence-corrected chi connectivity index (χ1v) is 5.44. The third-order valence-corrected chi connectivity index (χ3v) is 4.15. The summed E-state index contributed by atoms with van der Waals surface area (Å²) in [6.45, 7) is 9.58. The van der Waals surface area contributed by atoms with E-state index in [2.05, 4.69) is 32.6 Å². The van der Waals surface area contributed by atoms with Gasteiger partial charge in [0.05, 0.1) is 0 Å². The molecule has 0 aliphatic carbocycles. The highest BCUT2D eigenvalue weighted by atomic mass is 15.3. The maximum atomic E-state index is 2.73. The molecule has 6 unspecified atom stereocenters. The van der Waals surface area contributed by atoms with Crippen molar-refractivity contribution in [3.63, 3.8) is 0 Å². The molecule has 0 saturated carbocycles. The summed E-state index contributed by atoms with van der Waals surface area (Å²) < 4.78 is 0. The van der Waals surface area contributed by atoms with Crippen LogP contribution in [-0.4, -0.2) is 23.0 Å². The summed E-state index contributed by atoms with van der Waals surface area (Å²) >= 11 is 0. The predicted molar refractivity (Wildman–Crippen MR) is 52.1 cm³/mol. The van der Waals surface area contributed by atoms with Crippen LogP contribution in [0, 0.1) is 11.8 Å². The molecule has 0 spiro atoms. The maximum absolute atomic E-state index is 2.73. The van der Waals surface area contributed by atoms with E-state index in [0.717, 1.165) is 30.0 Å². The van der Waals surface area contributed by atoms with Crippen molar-refractivity contribution in [2.24, 2.45) is 11.8 Å². The van der Waals surface area contributed by atoms with Crippen molar-refractivity contribution < 1.29 is 0 Å². The molecule has 12 heavy (non-hydrogen) atoms. The van der Waals surface area contributed by atoms with Crippen molar-refractivity contribution in [2.45, 2.75) is 58.7 Å². The summed E-state index contributed by atoms with van der Waals surface area (Å²) in [4.78, 5) is 2.73. The molecular weight excluding hydrogens is 146 g/mol. The van der Waals surface area contributed by atoms with Crippen LogP contribution in [-0.2, 0) is 0 Å². The Morgan fingerprint density at radius 3 is 2.33 bits per heavy atom. The molecule has 3 aliphatic heterocycles. The lowest BCUT2D eigenvalue weighted by atomic mass is 9.65.